The van der Waals surface area contributed by atoms with Gasteiger partial charge in [0.25, 0.3) is 0 Å². The summed E-state index contributed by atoms with van der Waals surface area (Å²) in [7, 11) is 0. The lowest BCUT2D eigenvalue weighted by Crippen LogP contribution is -2.12. The van der Waals surface area contributed by atoms with Crippen molar-refractivity contribution in [1.29, 1.82) is 0 Å². The van der Waals surface area contributed by atoms with Crippen LogP contribution in [0.15, 0.2) is 18.2 Å². The highest BCUT2D eigenvalue weighted by molar-refractivity contribution is 5.36. The molecule has 0 aliphatic rings. The predicted molar refractivity (Wildman–Crippen MR) is 76.0 cm³/mol. The molecule has 0 saturated heterocycles. The maximum Gasteiger partial charge on any atom is 0.119 e. The Kier molecular flexibility index (Phi) is 5.67. The fourth-order valence-electron chi connectivity index (χ4n) is 2.31. The van der Waals surface area contributed by atoms with Gasteiger partial charge in [-0.3, -0.25) is 0 Å². The van der Waals surface area contributed by atoms with E-state index in [9.17, 15) is 5.11 Å². The average Bonchev–Trinajstić information content (AvgIpc) is 2.29. The molecule has 0 saturated carbocycles. The minimum Gasteiger partial charge on any atom is -0.491 e. The molecule has 2 heteroatoms. The van der Waals surface area contributed by atoms with Crippen LogP contribution in [0.4, 0.5) is 0 Å². The van der Waals surface area contributed by atoms with Crippen LogP contribution < -0.4 is 4.74 Å². The van der Waals surface area contributed by atoms with Gasteiger partial charge in [0.15, 0.2) is 0 Å². The first-order valence-corrected chi connectivity index (χ1v) is 6.94. The van der Waals surface area contributed by atoms with Gasteiger partial charge < -0.3 is 9.84 Å². The second-order valence-corrected chi connectivity index (χ2v) is 5.21. The SMILES string of the molecule is CCC(CC)C(O)c1ccc(OC(C)C)cc1C. The normalized spacial score (nSPS) is 13.1. The molecule has 1 rings (SSSR count). The van der Waals surface area contributed by atoms with Gasteiger partial charge in [0.05, 0.1) is 12.2 Å². The molecule has 0 radical (unpaired) electrons. The summed E-state index contributed by atoms with van der Waals surface area (Å²) in [5.74, 6) is 1.21. The van der Waals surface area contributed by atoms with Crippen LogP contribution >= 0.6 is 0 Å². The van der Waals surface area contributed by atoms with Crippen LogP contribution in [-0.4, -0.2) is 11.2 Å². The van der Waals surface area contributed by atoms with E-state index in [1.807, 2.05) is 39.0 Å². The van der Waals surface area contributed by atoms with E-state index in [0.717, 1.165) is 29.7 Å². The lowest BCUT2D eigenvalue weighted by molar-refractivity contribution is 0.103. The van der Waals surface area contributed by atoms with Crippen LogP contribution in [0.2, 0.25) is 0 Å². The number of aryl methyl sites for hydroxylation is 1. The summed E-state index contributed by atoms with van der Waals surface area (Å²) in [6, 6.07) is 5.96. The van der Waals surface area contributed by atoms with Crippen molar-refractivity contribution in [2.45, 2.75) is 59.7 Å². The van der Waals surface area contributed by atoms with E-state index in [0.29, 0.717) is 5.92 Å². The fourth-order valence-corrected chi connectivity index (χ4v) is 2.31. The molecule has 0 spiro atoms. The standard InChI is InChI=1S/C16H26O2/c1-6-13(7-2)16(17)15-9-8-14(10-12(15)5)18-11(3)4/h8-11,13,16-17H,6-7H2,1-5H3. The van der Waals surface area contributed by atoms with E-state index >= 15 is 0 Å². The molecule has 0 fully saturated rings. The Labute approximate surface area is 111 Å². The van der Waals surface area contributed by atoms with Crippen LogP contribution in [0.25, 0.3) is 0 Å². The molecule has 0 aromatic heterocycles. The highest BCUT2D eigenvalue weighted by Gasteiger charge is 2.19. The predicted octanol–water partition coefficient (Wildman–Crippen LogP) is 4.25. The van der Waals surface area contributed by atoms with Crippen molar-refractivity contribution in [3.05, 3.63) is 29.3 Å². The van der Waals surface area contributed by atoms with Crippen molar-refractivity contribution in [3.8, 4) is 5.75 Å². The van der Waals surface area contributed by atoms with Crippen molar-refractivity contribution < 1.29 is 9.84 Å². The van der Waals surface area contributed by atoms with Crippen molar-refractivity contribution in [3.63, 3.8) is 0 Å². The van der Waals surface area contributed by atoms with Crippen LogP contribution in [0.1, 0.15) is 57.8 Å². The van der Waals surface area contributed by atoms with Gasteiger partial charge in [-0.15, -0.1) is 0 Å². The van der Waals surface area contributed by atoms with Crippen LogP contribution in [-0.2, 0) is 0 Å². The zero-order valence-electron chi connectivity index (χ0n) is 12.2. The molecule has 1 atom stereocenters. The Balaban J connectivity index is 2.91. The zero-order valence-corrected chi connectivity index (χ0v) is 12.2. The minimum atomic E-state index is -0.368. The summed E-state index contributed by atoms with van der Waals surface area (Å²) in [4.78, 5) is 0. The Morgan fingerprint density at radius 3 is 2.22 bits per heavy atom. The molecule has 1 N–H and O–H groups in total. The van der Waals surface area contributed by atoms with Gasteiger partial charge in [0.1, 0.15) is 5.75 Å². The molecule has 18 heavy (non-hydrogen) atoms. The highest BCUT2D eigenvalue weighted by Crippen LogP contribution is 2.31. The molecule has 0 aliphatic heterocycles. The summed E-state index contributed by atoms with van der Waals surface area (Å²) < 4.78 is 5.66. The first-order valence-electron chi connectivity index (χ1n) is 6.94. The third kappa shape index (κ3) is 3.74. The largest absolute Gasteiger partial charge is 0.491 e. The summed E-state index contributed by atoms with van der Waals surface area (Å²) in [5, 5.41) is 10.4. The molecular formula is C16H26O2. The number of benzene rings is 1. The molecule has 1 unspecified atom stereocenters. The number of hydrogen-bond donors (Lipinski definition) is 1. The van der Waals surface area contributed by atoms with Gasteiger partial charge in [-0.05, 0) is 49.9 Å². The molecule has 0 aliphatic carbocycles. The molecular weight excluding hydrogens is 224 g/mol. The summed E-state index contributed by atoms with van der Waals surface area (Å²) in [6.45, 7) is 10.3. The lowest BCUT2D eigenvalue weighted by atomic mass is 9.89. The quantitative estimate of drug-likeness (QED) is 0.817. The lowest BCUT2D eigenvalue weighted by Gasteiger charge is -2.22. The summed E-state index contributed by atoms with van der Waals surface area (Å²) in [6.07, 6.45) is 1.82. The van der Waals surface area contributed by atoms with Gasteiger partial charge in [-0.1, -0.05) is 32.8 Å². The molecule has 2 nitrogen and oxygen atoms in total. The second kappa shape index (κ2) is 6.79. The first-order chi connectivity index (χ1) is 8.49. The molecule has 1 aromatic rings. The summed E-state index contributed by atoms with van der Waals surface area (Å²) in [5.41, 5.74) is 2.13. The monoisotopic (exact) mass is 250 g/mol. The molecule has 1 aromatic carbocycles. The second-order valence-electron chi connectivity index (χ2n) is 5.21. The number of aliphatic hydroxyl groups excluding tert-OH is 1. The number of rotatable bonds is 6. The molecule has 0 heterocycles. The number of aliphatic hydroxyl groups is 1. The Morgan fingerprint density at radius 1 is 1.17 bits per heavy atom. The van der Waals surface area contributed by atoms with E-state index in [1.54, 1.807) is 0 Å². The Morgan fingerprint density at radius 2 is 1.78 bits per heavy atom. The van der Waals surface area contributed by atoms with Crippen LogP contribution in [0.5, 0.6) is 5.75 Å². The van der Waals surface area contributed by atoms with Crippen molar-refractivity contribution in [2.24, 2.45) is 5.92 Å². The molecule has 102 valence electrons. The fraction of sp³-hybridized carbons (Fsp3) is 0.625. The first kappa shape index (κ1) is 15.0. The van der Waals surface area contributed by atoms with Gasteiger partial charge >= 0.3 is 0 Å². The third-order valence-corrected chi connectivity index (χ3v) is 3.43. The smallest absolute Gasteiger partial charge is 0.119 e. The van der Waals surface area contributed by atoms with Gasteiger partial charge in [-0.2, -0.15) is 0 Å². The van der Waals surface area contributed by atoms with Gasteiger partial charge in [0.2, 0.25) is 0 Å². The zero-order chi connectivity index (χ0) is 13.7. The molecule has 0 bridgehead atoms. The highest BCUT2D eigenvalue weighted by atomic mass is 16.5. The average molecular weight is 250 g/mol. The van der Waals surface area contributed by atoms with E-state index in [1.165, 1.54) is 0 Å². The van der Waals surface area contributed by atoms with Crippen molar-refractivity contribution >= 4 is 0 Å². The molecule has 0 amide bonds. The van der Waals surface area contributed by atoms with E-state index < -0.39 is 0 Å². The maximum atomic E-state index is 10.4. The Hall–Kier alpha value is -1.02. The minimum absolute atomic E-state index is 0.180. The van der Waals surface area contributed by atoms with Crippen molar-refractivity contribution in [2.75, 3.05) is 0 Å². The van der Waals surface area contributed by atoms with Gasteiger partial charge in [-0.25, -0.2) is 0 Å². The maximum absolute atomic E-state index is 10.4. The van der Waals surface area contributed by atoms with E-state index in [4.69, 9.17) is 4.74 Å². The topological polar surface area (TPSA) is 29.5 Å². The van der Waals surface area contributed by atoms with Crippen LogP contribution in [0, 0.1) is 12.8 Å². The third-order valence-electron chi connectivity index (χ3n) is 3.43. The number of hydrogen-bond acceptors (Lipinski definition) is 2. The number of ether oxygens (including phenoxy) is 1. The van der Waals surface area contributed by atoms with Crippen molar-refractivity contribution in [1.82, 2.24) is 0 Å². The Bertz CT molecular complexity index is 367. The summed E-state index contributed by atoms with van der Waals surface area (Å²) >= 11 is 0. The van der Waals surface area contributed by atoms with Gasteiger partial charge in [0, 0.05) is 0 Å². The van der Waals surface area contributed by atoms with E-state index in [2.05, 4.69) is 13.8 Å². The van der Waals surface area contributed by atoms with Crippen LogP contribution in [0.3, 0.4) is 0 Å². The van der Waals surface area contributed by atoms with E-state index in [-0.39, 0.29) is 12.2 Å².